The van der Waals surface area contributed by atoms with Crippen LogP contribution in [0.2, 0.25) is 0 Å². The van der Waals surface area contributed by atoms with Crippen LogP contribution in [0.25, 0.3) is 0 Å². The van der Waals surface area contributed by atoms with Crippen molar-refractivity contribution in [2.75, 3.05) is 0 Å². The first-order chi connectivity index (χ1) is 9.70. The fourth-order valence-electron chi connectivity index (χ4n) is 1.93. The Balaban J connectivity index is 1.62. The molecule has 0 bridgehead atoms. The quantitative estimate of drug-likeness (QED) is 0.906. The number of rotatable bonds is 5. The molecule has 1 N–H and O–H groups in total. The van der Waals surface area contributed by atoms with E-state index in [9.17, 15) is 0 Å². The number of hydrogen-bond acceptors (Lipinski definition) is 4. The maximum atomic E-state index is 5.71. The molecule has 0 spiro atoms. The molecule has 4 heteroatoms. The van der Waals surface area contributed by atoms with Gasteiger partial charge in [-0.3, -0.25) is 0 Å². The van der Waals surface area contributed by atoms with Gasteiger partial charge in [0.05, 0.1) is 5.69 Å². The van der Waals surface area contributed by atoms with E-state index in [0.717, 1.165) is 18.0 Å². The molecular weight excluding hydrogens is 250 g/mol. The Hall–Kier alpha value is -1.94. The molecule has 1 heterocycles. The third kappa shape index (κ3) is 3.33. The summed E-state index contributed by atoms with van der Waals surface area (Å²) in [5, 5.41) is 11.7. The van der Waals surface area contributed by atoms with E-state index in [1.807, 2.05) is 30.3 Å². The lowest BCUT2D eigenvalue weighted by molar-refractivity contribution is 0.452. The summed E-state index contributed by atoms with van der Waals surface area (Å²) >= 11 is 0. The van der Waals surface area contributed by atoms with Crippen molar-refractivity contribution in [2.24, 2.45) is 0 Å². The van der Waals surface area contributed by atoms with Gasteiger partial charge in [-0.05, 0) is 56.0 Å². The Labute approximate surface area is 119 Å². The van der Waals surface area contributed by atoms with Gasteiger partial charge in [-0.25, -0.2) is 0 Å². The molecule has 4 nitrogen and oxygen atoms in total. The number of aromatic nitrogens is 2. The molecule has 20 heavy (non-hydrogen) atoms. The van der Waals surface area contributed by atoms with Gasteiger partial charge in [0.1, 0.15) is 5.75 Å². The van der Waals surface area contributed by atoms with Crippen LogP contribution in [-0.2, 0) is 6.54 Å². The van der Waals surface area contributed by atoms with Crippen LogP contribution in [-0.4, -0.2) is 16.2 Å². The van der Waals surface area contributed by atoms with Crippen LogP contribution in [0.5, 0.6) is 11.6 Å². The van der Waals surface area contributed by atoms with E-state index in [1.54, 1.807) is 0 Å². The van der Waals surface area contributed by atoms with Crippen molar-refractivity contribution in [1.29, 1.82) is 0 Å². The van der Waals surface area contributed by atoms with Crippen LogP contribution in [0.3, 0.4) is 0 Å². The SMILES string of the molecule is Cc1ccc(Oc2ccc(CNC3CC3)nn2)cc1C. The molecule has 104 valence electrons. The number of aryl methyl sites for hydroxylation is 2. The Morgan fingerprint density at radius 1 is 1.10 bits per heavy atom. The van der Waals surface area contributed by atoms with E-state index in [2.05, 4.69) is 29.4 Å². The zero-order valence-corrected chi connectivity index (χ0v) is 11.9. The minimum atomic E-state index is 0.531. The lowest BCUT2D eigenvalue weighted by atomic mass is 10.1. The van der Waals surface area contributed by atoms with Crippen LogP contribution >= 0.6 is 0 Å². The molecule has 0 radical (unpaired) electrons. The van der Waals surface area contributed by atoms with E-state index in [4.69, 9.17) is 4.74 Å². The van der Waals surface area contributed by atoms with Crippen molar-refractivity contribution in [3.63, 3.8) is 0 Å². The largest absolute Gasteiger partial charge is 0.438 e. The van der Waals surface area contributed by atoms with Crippen molar-refractivity contribution in [3.8, 4) is 11.6 Å². The smallest absolute Gasteiger partial charge is 0.238 e. The molecule has 0 saturated heterocycles. The molecule has 1 aromatic carbocycles. The molecule has 1 aliphatic carbocycles. The number of nitrogens with zero attached hydrogens (tertiary/aromatic N) is 2. The molecular formula is C16H19N3O. The predicted octanol–water partition coefficient (Wildman–Crippen LogP) is 3.14. The fraction of sp³-hybridized carbons (Fsp3) is 0.375. The first-order valence-corrected chi connectivity index (χ1v) is 7.02. The monoisotopic (exact) mass is 269 g/mol. The summed E-state index contributed by atoms with van der Waals surface area (Å²) in [6.07, 6.45) is 2.56. The average Bonchev–Trinajstić information content (AvgIpc) is 3.26. The van der Waals surface area contributed by atoms with Crippen LogP contribution in [0, 0.1) is 13.8 Å². The maximum absolute atomic E-state index is 5.71. The van der Waals surface area contributed by atoms with Gasteiger partial charge in [0.2, 0.25) is 5.88 Å². The number of hydrogen-bond donors (Lipinski definition) is 1. The van der Waals surface area contributed by atoms with Crippen molar-refractivity contribution in [1.82, 2.24) is 15.5 Å². The van der Waals surface area contributed by atoms with Gasteiger partial charge in [0.25, 0.3) is 0 Å². The third-order valence-corrected chi connectivity index (χ3v) is 3.55. The third-order valence-electron chi connectivity index (χ3n) is 3.55. The van der Waals surface area contributed by atoms with Crippen molar-refractivity contribution in [2.45, 2.75) is 39.3 Å². The molecule has 1 fully saturated rings. The standard InChI is InChI=1S/C16H19N3O/c1-11-3-7-15(9-12(11)2)20-16-8-6-14(18-19-16)10-17-13-4-5-13/h3,6-9,13,17H,4-5,10H2,1-2H3. The molecule has 1 aromatic heterocycles. The van der Waals surface area contributed by atoms with E-state index in [0.29, 0.717) is 11.9 Å². The summed E-state index contributed by atoms with van der Waals surface area (Å²) in [6.45, 7) is 4.93. The lowest BCUT2D eigenvalue weighted by Gasteiger charge is -2.07. The first-order valence-electron chi connectivity index (χ1n) is 7.02. The highest BCUT2D eigenvalue weighted by molar-refractivity contribution is 5.35. The number of ether oxygens (including phenoxy) is 1. The zero-order valence-electron chi connectivity index (χ0n) is 11.9. The Morgan fingerprint density at radius 2 is 1.95 bits per heavy atom. The average molecular weight is 269 g/mol. The van der Waals surface area contributed by atoms with Gasteiger partial charge in [-0.2, -0.15) is 5.10 Å². The van der Waals surface area contributed by atoms with Crippen molar-refractivity contribution in [3.05, 3.63) is 47.2 Å². The minimum absolute atomic E-state index is 0.531. The van der Waals surface area contributed by atoms with Crippen molar-refractivity contribution >= 4 is 0 Å². The van der Waals surface area contributed by atoms with E-state index in [1.165, 1.54) is 24.0 Å². The van der Waals surface area contributed by atoms with E-state index < -0.39 is 0 Å². The van der Waals surface area contributed by atoms with Crippen LogP contribution in [0.1, 0.15) is 29.7 Å². The number of benzene rings is 1. The van der Waals surface area contributed by atoms with Gasteiger partial charge >= 0.3 is 0 Å². The Bertz CT molecular complexity index is 591. The zero-order chi connectivity index (χ0) is 13.9. The highest BCUT2D eigenvalue weighted by Crippen LogP contribution is 2.22. The Morgan fingerprint density at radius 3 is 2.60 bits per heavy atom. The van der Waals surface area contributed by atoms with E-state index >= 15 is 0 Å². The lowest BCUT2D eigenvalue weighted by Crippen LogP contribution is -2.16. The van der Waals surface area contributed by atoms with Gasteiger partial charge < -0.3 is 10.1 Å². The second-order valence-corrected chi connectivity index (χ2v) is 5.37. The van der Waals surface area contributed by atoms with Crippen molar-refractivity contribution < 1.29 is 4.74 Å². The molecule has 0 atom stereocenters. The summed E-state index contributed by atoms with van der Waals surface area (Å²) in [7, 11) is 0. The summed E-state index contributed by atoms with van der Waals surface area (Å²) in [5.41, 5.74) is 3.41. The van der Waals surface area contributed by atoms with Crippen LogP contribution < -0.4 is 10.1 Å². The summed E-state index contributed by atoms with van der Waals surface area (Å²) in [4.78, 5) is 0. The maximum Gasteiger partial charge on any atom is 0.238 e. The highest BCUT2D eigenvalue weighted by atomic mass is 16.5. The molecule has 0 amide bonds. The van der Waals surface area contributed by atoms with E-state index in [-0.39, 0.29) is 0 Å². The molecule has 1 aliphatic rings. The first kappa shape index (κ1) is 13.1. The molecule has 2 aromatic rings. The Kier molecular flexibility index (Phi) is 3.65. The second-order valence-electron chi connectivity index (χ2n) is 5.37. The fourth-order valence-corrected chi connectivity index (χ4v) is 1.93. The summed E-state index contributed by atoms with van der Waals surface area (Å²) in [6, 6.07) is 10.5. The number of nitrogens with one attached hydrogen (secondary N) is 1. The molecule has 3 rings (SSSR count). The molecule has 1 saturated carbocycles. The van der Waals surface area contributed by atoms with Gasteiger partial charge in [0.15, 0.2) is 0 Å². The molecule has 0 aliphatic heterocycles. The van der Waals surface area contributed by atoms with Crippen LogP contribution in [0.4, 0.5) is 0 Å². The topological polar surface area (TPSA) is 47.0 Å². The summed E-state index contributed by atoms with van der Waals surface area (Å²) in [5.74, 6) is 1.33. The van der Waals surface area contributed by atoms with Gasteiger partial charge in [-0.15, -0.1) is 5.10 Å². The molecule has 0 unspecified atom stereocenters. The van der Waals surface area contributed by atoms with Gasteiger partial charge in [-0.1, -0.05) is 6.07 Å². The second kappa shape index (κ2) is 5.59. The van der Waals surface area contributed by atoms with Gasteiger partial charge in [0, 0.05) is 18.7 Å². The minimum Gasteiger partial charge on any atom is -0.438 e. The predicted molar refractivity (Wildman–Crippen MR) is 77.9 cm³/mol. The normalized spacial score (nSPS) is 14.3. The summed E-state index contributed by atoms with van der Waals surface area (Å²) < 4.78 is 5.71. The highest BCUT2D eigenvalue weighted by Gasteiger charge is 2.20. The van der Waals surface area contributed by atoms with Crippen LogP contribution in [0.15, 0.2) is 30.3 Å².